The minimum atomic E-state index is -0.325. The van der Waals surface area contributed by atoms with Gasteiger partial charge in [-0.2, -0.15) is 5.10 Å². The number of rotatable bonds is 1. The fourth-order valence-electron chi connectivity index (χ4n) is 2.62. The molecular formula is C13H23N3O. The van der Waals surface area contributed by atoms with Crippen LogP contribution in [-0.2, 0) is 11.0 Å². The first-order valence-electron chi connectivity index (χ1n) is 6.34. The van der Waals surface area contributed by atoms with Crippen LogP contribution in [0, 0.1) is 0 Å². The van der Waals surface area contributed by atoms with Crippen molar-refractivity contribution in [3.05, 3.63) is 17.5 Å². The topological polar surface area (TPSA) is 74.9 Å². The number of H-pyrrole nitrogens is 1. The third-order valence-electron chi connectivity index (χ3n) is 3.77. The first kappa shape index (κ1) is 12.6. The molecule has 1 aromatic rings. The van der Waals surface area contributed by atoms with E-state index in [1.807, 2.05) is 6.20 Å². The molecule has 4 heteroatoms. The zero-order valence-electron chi connectivity index (χ0n) is 11.0. The van der Waals surface area contributed by atoms with Gasteiger partial charge in [0.2, 0.25) is 0 Å². The first-order valence-corrected chi connectivity index (χ1v) is 6.34. The van der Waals surface area contributed by atoms with Gasteiger partial charge in [-0.15, -0.1) is 0 Å². The van der Waals surface area contributed by atoms with Gasteiger partial charge < -0.3 is 10.8 Å². The van der Waals surface area contributed by atoms with Crippen molar-refractivity contribution in [1.82, 2.24) is 10.2 Å². The Morgan fingerprint density at radius 1 is 1.41 bits per heavy atom. The van der Waals surface area contributed by atoms with Crippen LogP contribution in [0.15, 0.2) is 6.20 Å². The normalized spacial score (nSPS) is 30.5. The number of hydrogen-bond donors (Lipinski definition) is 3. The van der Waals surface area contributed by atoms with Gasteiger partial charge in [0.1, 0.15) is 0 Å². The number of nitrogens with one attached hydrogen (secondary N) is 1. The van der Waals surface area contributed by atoms with E-state index >= 15 is 0 Å². The summed E-state index contributed by atoms with van der Waals surface area (Å²) in [6.45, 7) is 6.47. The van der Waals surface area contributed by atoms with Crippen LogP contribution in [0.1, 0.15) is 57.7 Å². The predicted molar refractivity (Wildman–Crippen MR) is 67.6 cm³/mol. The monoisotopic (exact) mass is 237 g/mol. The van der Waals surface area contributed by atoms with Crippen LogP contribution in [-0.4, -0.2) is 21.4 Å². The summed E-state index contributed by atoms with van der Waals surface area (Å²) in [6, 6.07) is 0. The number of aliphatic hydroxyl groups is 1. The number of aromatic nitrogens is 2. The highest BCUT2D eigenvalue weighted by atomic mass is 16.3. The summed E-state index contributed by atoms with van der Waals surface area (Å²) in [6.07, 6.45) is 4.90. The van der Waals surface area contributed by atoms with Gasteiger partial charge in [-0.1, -0.05) is 20.8 Å². The van der Waals surface area contributed by atoms with E-state index in [0.717, 1.165) is 36.9 Å². The highest BCUT2D eigenvalue weighted by molar-refractivity contribution is 5.31. The summed E-state index contributed by atoms with van der Waals surface area (Å²) < 4.78 is 0. The second-order valence-corrected chi connectivity index (χ2v) is 6.30. The van der Waals surface area contributed by atoms with Gasteiger partial charge in [0.05, 0.1) is 12.3 Å². The molecule has 0 amide bonds. The zero-order valence-corrected chi connectivity index (χ0v) is 11.0. The summed E-state index contributed by atoms with van der Waals surface area (Å²) in [7, 11) is 0. The Labute approximate surface area is 103 Å². The average Bonchev–Trinajstić information content (AvgIpc) is 2.71. The van der Waals surface area contributed by atoms with Crippen molar-refractivity contribution in [2.24, 2.45) is 5.73 Å². The molecule has 0 saturated heterocycles. The lowest BCUT2D eigenvalue weighted by Crippen LogP contribution is -2.42. The van der Waals surface area contributed by atoms with Crippen molar-refractivity contribution in [2.75, 3.05) is 0 Å². The molecule has 0 spiro atoms. The van der Waals surface area contributed by atoms with Gasteiger partial charge in [-0.25, -0.2) is 0 Å². The van der Waals surface area contributed by atoms with Crippen molar-refractivity contribution >= 4 is 0 Å². The summed E-state index contributed by atoms with van der Waals surface area (Å²) >= 11 is 0. The molecule has 4 N–H and O–H groups in total. The van der Waals surface area contributed by atoms with Crippen LogP contribution >= 0.6 is 0 Å². The number of nitrogens with zero attached hydrogens (tertiary/aromatic N) is 1. The van der Waals surface area contributed by atoms with E-state index in [-0.39, 0.29) is 17.1 Å². The molecule has 1 saturated carbocycles. The summed E-state index contributed by atoms with van der Waals surface area (Å²) in [4.78, 5) is 0. The molecule has 1 heterocycles. The van der Waals surface area contributed by atoms with Crippen LogP contribution in [0.2, 0.25) is 0 Å². The van der Waals surface area contributed by atoms with Gasteiger partial charge in [0, 0.05) is 22.2 Å². The molecule has 0 bridgehead atoms. The summed E-state index contributed by atoms with van der Waals surface area (Å²) in [5.74, 6) is 0. The fraction of sp³-hybridized carbons (Fsp3) is 0.769. The van der Waals surface area contributed by atoms with E-state index in [4.69, 9.17) is 5.73 Å². The Morgan fingerprint density at radius 2 is 2.00 bits per heavy atom. The van der Waals surface area contributed by atoms with Crippen molar-refractivity contribution in [3.8, 4) is 0 Å². The van der Waals surface area contributed by atoms with E-state index in [2.05, 4.69) is 31.0 Å². The Balaban J connectivity index is 2.31. The maximum absolute atomic E-state index is 9.59. The second kappa shape index (κ2) is 4.10. The van der Waals surface area contributed by atoms with Gasteiger partial charge in [-0.05, 0) is 25.7 Å². The van der Waals surface area contributed by atoms with Gasteiger partial charge in [0.25, 0.3) is 0 Å². The van der Waals surface area contributed by atoms with Crippen molar-refractivity contribution < 1.29 is 5.11 Å². The highest BCUT2D eigenvalue weighted by Crippen LogP contribution is 2.38. The molecule has 1 aromatic heterocycles. The quantitative estimate of drug-likeness (QED) is 0.697. The standard InChI is InChI=1S/C13H23N3O/c1-12(2,3)11-10(8-15-16-11)13(14)6-4-9(17)5-7-13/h8-9,17H,4-7,14H2,1-3H3,(H,15,16). The third kappa shape index (κ3) is 2.38. The van der Waals surface area contributed by atoms with Crippen molar-refractivity contribution in [1.29, 1.82) is 0 Å². The van der Waals surface area contributed by atoms with Crippen molar-refractivity contribution in [3.63, 3.8) is 0 Å². The van der Waals surface area contributed by atoms with E-state index in [9.17, 15) is 5.11 Å². The van der Waals surface area contributed by atoms with E-state index in [1.165, 1.54) is 0 Å². The largest absolute Gasteiger partial charge is 0.393 e. The molecule has 96 valence electrons. The van der Waals surface area contributed by atoms with Crippen LogP contribution in [0.5, 0.6) is 0 Å². The van der Waals surface area contributed by atoms with E-state index in [0.29, 0.717) is 0 Å². The zero-order chi connectivity index (χ0) is 12.7. The van der Waals surface area contributed by atoms with Crippen LogP contribution < -0.4 is 5.73 Å². The minimum absolute atomic E-state index is 0.0221. The van der Waals surface area contributed by atoms with Crippen LogP contribution in [0.4, 0.5) is 0 Å². The van der Waals surface area contributed by atoms with E-state index < -0.39 is 0 Å². The average molecular weight is 237 g/mol. The third-order valence-corrected chi connectivity index (χ3v) is 3.77. The fourth-order valence-corrected chi connectivity index (χ4v) is 2.62. The Hall–Kier alpha value is -0.870. The molecule has 1 aliphatic carbocycles. The molecule has 0 aliphatic heterocycles. The van der Waals surface area contributed by atoms with Gasteiger partial charge in [-0.3, -0.25) is 5.10 Å². The molecule has 1 aliphatic rings. The smallest absolute Gasteiger partial charge is 0.0541 e. The summed E-state index contributed by atoms with van der Waals surface area (Å²) in [5.41, 5.74) is 8.45. The minimum Gasteiger partial charge on any atom is -0.393 e. The number of nitrogens with two attached hydrogens (primary N) is 1. The Kier molecular flexibility index (Phi) is 3.04. The number of aromatic amines is 1. The van der Waals surface area contributed by atoms with Gasteiger partial charge in [0.15, 0.2) is 0 Å². The second-order valence-electron chi connectivity index (χ2n) is 6.30. The highest BCUT2D eigenvalue weighted by Gasteiger charge is 2.37. The molecule has 0 aromatic carbocycles. The SMILES string of the molecule is CC(C)(C)c1[nH]ncc1C1(N)CCC(O)CC1. The maximum Gasteiger partial charge on any atom is 0.0541 e. The molecule has 4 nitrogen and oxygen atoms in total. The van der Waals surface area contributed by atoms with E-state index in [1.54, 1.807) is 0 Å². The Bertz CT molecular complexity index is 384. The molecule has 0 atom stereocenters. The lowest BCUT2D eigenvalue weighted by atomic mass is 9.73. The molecule has 1 fully saturated rings. The molecule has 17 heavy (non-hydrogen) atoms. The maximum atomic E-state index is 9.59. The number of hydrogen-bond acceptors (Lipinski definition) is 3. The summed E-state index contributed by atoms with van der Waals surface area (Å²) in [5, 5.41) is 16.8. The molecule has 2 rings (SSSR count). The predicted octanol–water partition coefficient (Wildman–Crippen LogP) is 1.80. The number of aliphatic hydroxyl groups excluding tert-OH is 1. The van der Waals surface area contributed by atoms with Gasteiger partial charge >= 0.3 is 0 Å². The van der Waals surface area contributed by atoms with Crippen molar-refractivity contribution in [2.45, 2.75) is 63.5 Å². The van der Waals surface area contributed by atoms with Crippen LogP contribution in [0.25, 0.3) is 0 Å². The van der Waals surface area contributed by atoms with Crippen LogP contribution in [0.3, 0.4) is 0 Å². The lowest BCUT2D eigenvalue weighted by molar-refractivity contribution is 0.0963. The lowest BCUT2D eigenvalue weighted by Gasteiger charge is -2.37. The Morgan fingerprint density at radius 3 is 2.53 bits per heavy atom. The molecule has 0 radical (unpaired) electrons. The first-order chi connectivity index (χ1) is 7.83. The molecule has 0 unspecified atom stereocenters. The molecular weight excluding hydrogens is 214 g/mol.